The van der Waals surface area contributed by atoms with Crippen molar-refractivity contribution in [2.24, 2.45) is 5.92 Å². The SMILES string of the molecule is CC1CCN(C(=O)CC(=O)Nc2ccc3c(c2)OCCO3)CC1. The van der Waals surface area contributed by atoms with Gasteiger partial charge >= 0.3 is 0 Å². The third-order valence-electron chi connectivity index (χ3n) is 4.27. The summed E-state index contributed by atoms with van der Waals surface area (Å²) >= 11 is 0. The summed E-state index contributed by atoms with van der Waals surface area (Å²) in [7, 11) is 0. The Balaban J connectivity index is 1.54. The van der Waals surface area contributed by atoms with Crippen LogP contribution in [0.2, 0.25) is 0 Å². The Morgan fingerprint density at radius 3 is 2.61 bits per heavy atom. The number of hydrogen-bond donors (Lipinski definition) is 1. The average Bonchev–Trinajstić information content (AvgIpc) is 2.55. The molecule has 1 N–H and O–H groups in total. The average molecular weight is 318 g/mol. The number of carbonyl (C=O) groups is 2. The lowest BCUT2D eigenvalue weighted by Crippen LogP contribution is -2.39. The van der Waals surface area contributed by atoms with E-state index in [0.717, 1.165) is 25.9 Å². The summed E-state index contributed by atoms with van der Waals surface area (Å²) < 4.78 is 10.9. The van der Waals surface area contributed by atoms with Gasteiger partial charge in [0.25, 0.3) is 0 Å². The van der Waals surface area contributed by atoms with E-state index in [4.69, 9.17) is 9.47 Å². The Hall–Kier alpha value is -2.24. The Morgan fingerprint density at radius 2 is 1.87 bits per heavy atom. The molecule has 3 rings (SSSR count). The van der Waals surface area contributed by atoms with Crippen molar-refractivity contribution in [1.82, 2.24) is 4.90 Å². The Labute approximate surface area is 135 Å². The Bertz CT molecular complexity index is 594. The minimum atomic E-state index is -0.301. The molecule has 6 heteroatoms. The van der Waals surface area contributed by atoms with Gasteiger partial charge in [-0.3, -0.25) is 9.59 Å². The summed E-state index contributed by atoms with van der Waals surface area (Å²) in [6, 6.07) is 5.23. The van der Waals surface area contributed by atoms with Crippen molar-refractivity contribution in [3.05, 3.63) is 18.2 Å². The van der Waals surface area contributed by atoms with Crippen molar-refractivity contribution in [2.75, 3.05) is 31.6 Å². The molecule has 2 aliphatic rings. The van der Waals surface area contributed by atoms with Crippen molar-refractivity contribution in [3.8, 4) is 11.5 Å². The minimum absolute atomic E-state index is 0.105. The van der Waals surface area contributed by atoms with Gasteiger partial charge in [0.15, 0.2) is 11.5 Å². The number of anilines is 1. The maximum Gasteiger partial charge on any atom is 0.233 e. The number of ether oxygens (including phenoxy) is 2. The third kappa shape index (κ3) is 3.94. The molecule has 0 saturated carbocycles. The molecule has 1 fully saturated rings. The predicted octanol–water partition coefficient (Wildman–Crippen LogP) is 2.04. The zero-order chi connectivity index (χ0) is 16.2. The molecule has 1 aromatic rings. The molecular weight excluding hydrogens is 296 g/mol. The van der Waals surface area contributed by atoms with Gasteiger partial charge in [0, 0.05) is 24.8 Å². The molecule has 1 aromatic carbocycles. The number of rotatable bonds is 3. The lowest BCUT2D eigenvalue weighted by Gasteiger charge is -2.30. The molecule has 124 valence electrons. The standard InChI is InChI=1S/C17H22N2O4/c1-12-4-6-19(7-5-12)17(21)11-16(20)18-13-2-3-14-15(10-13)23-9-8-22-14/h2-3,10,12H,4-9,11H2,1H3,(H,18,20). The fourth-order valence-electron chi connectivity index (χ4n) is 2.83. The molecule has 2 heterocycles. The van der Waals surface area contributed by atoms with Gasteiger partial charge in [0.05, 0.1) is 0 Å². The zero-order valence-electron chi connectivity index (χ0n) is 13.3. The van der Waals surface area contributed by atoms with Gasteiger partial charge < -0.3 is 19.7 Å². The summed E-state index contributed by atoms with van der Waals surface area (Å²) in [5.74, 6) is 1.54. The maximum atomic E-state index is 12.2. The molecule has 2 aliphatic heterocycles. The summed E-state index contributed by atoms with van der Waals surface area (Å²) in [6.45, 7) is 4.71. The molecule has 0 aliphatic carbocycles. The van der Waals surface area contributed by atoms with Crippen LogP contribution < -0.4 is 14.8 Å². The highest BCUT2D eigenvalue weighted by Gasteiger charge is 2.22. The fourth-order valence-corrected chi connectivity index (χ4v) is 2.83. The van der Waals surface area contributed by atoms with Gasteiger partial charge in [-0.15, -0.1) is 0 Å². The largest absolute Gasteiger partial charge is 0.486 e. The van der Waals surface area contributed by atoms with Crippen molar-refractivity contribution >= 4 is 17.5 Å². The summed E-state index contributed by atoms with van der Waals surface area (Å²) in [5, 5.41) is 2.75. The normalized spacial score (nSPS) is 17.7. The van der Waals surface area contributed by atoms with Gasteiger partial charge in [-0.2, -0.15) is 0 Å². The van der Waals surface area contributed by atoms with Crippen molar-refractivity contribution in [2.45, 2.75) is 26.2 Å². The van der Waals surface area contributed by atoms with E-state index < -0.39 is 0 Å². The number of nitrogens with one attached hydrogen (secondary N) is 1. The smallest absolute Gasteiger partial charge is 0.233 e. The quantitative estimate of drug-likeness (QED) is 0.866. The van der Waals surface area contributed by atoms with E-state index in [1.54, 1.807) is 23.1 Å². The molecular formula is C17H22N2O4. The minimum Gasteiger partial charge on any atom is -0.486 e. The van der Waals surface area contributed by atoms with Crippen LogP contribution in [0.5, 0.6) is 11.5 Å². The molecule has 23 heavy (non-hydrogen) atoms. The number of nitrogens with zero attached hydrogens (tertiary/aromatic N) is 1. The van der Waals surface area contributed by atoms with Crippen LogP contribution in [0.3, 0.4) is 0 Å². The highest BCUT2D eigenvalue weighted by atomic mass is 16.6. The van der Waals surface area contributed by atoms with E-state index in [2.05, 4.69) is 12.2 Å². The fraction of sp³-hybridized carbons (Fsp3) is 0.529. The molecule has 0 spiro atoms. The van der Waals surface area contributed by atoms with Crippen LogP contribution in [0.4, 0.5) is 5.69 Å². The lowest BCUT2D eigenvalue weighted by molar-refractivity contribution is -0.135. The van der Waals surface area contributed by atoms with Crippen LogP contribution in [0.15, 0.2) is 18.2 Å². The summed E-state index contributed by atoms with van der Waals surface area (Å²) in [4.78, 5) is 26.0. The second-order valence-electron chi connectivity index (χ2n) is 6.15. The first-order chi connectivity index (χ1) is 11.1. The van der Waals surface area contributed by atoms with Gasteiger partial charge in [-0.05, 0) is 30.9 Å². The van der Waals surface area contributed by atoms with E-state index in [9.17, 15) is 9.59 Å². The monoisotopic (exact) mass is 318 g/mol. The molecule has 0 aromatic heterocycles. The number of likely N-dealkylation sites (tertiary alicyclic amines) is 1. The molecule has 1 saturated heterocycles. The number of hydrogen-bond acceptors (Lipinski definition) is 4. The van der Waals surface area contributed by atoms with Crippen LogP contribution >= 0.6 is 0 Å². The number of benzene rings is 1. The first-order valence-electron chi connectivity index (χ1n) is 8.09. The predicted molar refractivity (Wildman–Crippen MR) is 85.7 cm³/mol. The summed E-state index contributed by atoms with van der Waals surface area (Å²) in [6.07, 6.45) is 1.90. The lowest BCUT2D eigenvalue weighted by atomic mass is 9.99. The first-order valence-corrected chi connectivity index (χ1v) is 8.09. The number of piperidine rings is 1. The van der Waals surface area contributed by atoms with Crippen LogP contribution in [0, 0.1) is 5.92 Å². The molecule has 0 radical (unpaired) electrons. The van der Waals surface area contributed by atoms with Crippen molar-refractivity contribution in [3.63, 3.8) is 0 Å². The number of carbonyl (C=O) groups excluding carboxylic acids is 2. The highest BCUT2D eigenvalue weighted by Crippen LogP contribution is 2.32. The maximum absolute atomic E-state index is 12.2. The summed E-state index contributed by atoms with van der Waals surface area (Å²) in [5.41, 5.74) is 0.610. The number of fused-ring (bicyclic) bond motifs is 1. The van der Waals surface area contributed by atoms with Gasteiger partial charge in [-0.1, -0.05) is 6.92 Å². The van der Waals surface area contributed by atoms with Crippen molar-refractivity contribution < 1.29 is 19.1 Å². The van der Waals surface area contributed by atoms with Crippen LogP contribution in [-0.4, -0.2) is 43.0 Å². The Morgan fingerprint density at radius 1 is 1.17 bits per heavy atom. The molecule has 6 nitrogen and oxygen atoms in total. The van der Waals surface area contributed by atoms with Gasteiger partial charge in [0.2, 0.25) is 11.8 Å². The molecule has 0 atom stereocenters. The van der Waals surface area contributed by atoms with Crippen molar-refractivity contribution in [1.29, 1.82) is 0 Å². The molecule has 0 unspecified atom stereocenters. The van der Waals surface area contributed by atoms with E-state index >= 15 is 0 Å². The number of amides is 2. The topological polar surface area (TPSA) is 67.9 Å². The van der Waals surface area contributed by atoms with E-state index in [1.165, 1.54) is 0 Å². The van der Waals surface area contributed by atoms with E-state index in [-0.39, 0.29) is 18.2 Å². The molecule has 0 bridgehead atoms. The van der Waals surface area contributed by atoms with Gasteiger partial charge in [0.1, 0.15) is 19.6 Å². The van der Waals surface area contributed by atoms with Crippen LogP contribution in [0.1, 0.15) is 26.2 Å². The van der Waals surface area contributed by atoms with Crippen LogP contribution in [-0.2, 0) is 9.59 Å². The first kappa shape index (κ1) is 15.6. The van der Waals surface area contributed by atoms with E-state index in [0.29, 0.717) is 36.3 Å². The van der Waals surface area contributed by atoms with E-state index in [1.807, 2.05) is 0 Å². The highest BCUT2D eigenvalue weighted by molar-refractivity contribution is 6.03. The second-order valence-corrected chi connectivity index (χ2v) is 6.15. The second kappa shape index (κ2) is 6.89. The van der Waals surface area contributed by atoms with Gasteiger partial charge in [-0.25, -0.2) is 0 Å². The third-order valence-corrected chi connectivity index (χ3v) is 4.27. The molecule has 2 amide bonds. The zero-order valence-corrected chi connectivity index (χ0v) is 13.3. The Kier molecular flexibility index (Phi) is 4.69. The van der Waals surface area contributed by atoms with Crippen LogP contribution in [0.25, 0.3) is 0 Å².